The lowest BCUT2D eigenvalue weighted by molar-refractivity contribution is 0.282. The largest absolute Gasteiger partial charge is 0.392 e. The molecule has 0 amide bonds. The van der Waals surface area contributed by atoms with Gasteiger partial charge in [0.25, 0.3) is 0 Å². The molecule has 0 aliphatic heterocycles. The van der Waals surface area contributed by atoms with E-state index in [1.165, 1.54) is 0 Å². The van der Waals surface area contributed by atoms with Crippen molar-refractivity contribution < 1.29 is 5.11 Å². The maximum absolute atomic E-state index is 9.01. The minimum absolute atomic E-state index is 0.0168. The number of aliphatic hydroxyl groups is 1. The van der Waals surface area contributed by atoms with Gasteiger partial charge < -0.3 is 5.11 Å². The number of fused-ring (bicyclic) bond motifs is 1. The van der Waals surface area contributed by atoms with Gasteiger partial charge in [-0.15, -0.1) is 11.3 Å². The number of halogens is 2. The van der Waals surface area contributed by atoms with Crippen LogP contribution in [0.1, 0.15) is 5.56 Å². The van der Waals surface area contributed by atoms with E-state index in [1.54, 1.807) is 11.3 Å². The molecular formula is C9H6BrClOS. The van der Waals surface area contributed by atoms with Gasteiger partial charge in [-0.05, 0) is 33.6 Å². The summed E-state index contributed by atoms with van der Waals surface area (Å²) in [4.78, 5) is 0. The predicted octanol–water partition coefficient (Wildman–Crippen LogP) is 3.81. The topological polar surface area (TPSA) is 20.2 Å². The van der Waals surface area contributed by atoms with E-state index in [2.05, 4.69) is 15.9 Å². The van der Waals surface area contributed by atoms with Crippen molar-refractivity contribution in [1.82, 2.24) is 0 Å². The Kier molecular flexibility index (Phi) is 2.60. The fraction of sp³-hybridized carbons (Fsp3) is 0.111. The van der Waals surface area contributed by atoms with Crippen molar-refractivity contribution >= 4 is 49.0 Å². The molecule has 0 saturated heterocycles. The molecule has 0 saturated carbocycles. The number of thiophene rings is 1. The Morgan fingerprint density at radius 1 is 1.46 bits per heavy atom. The second-order valence-corrected chi connectivity index (χ2v) is 4.85. The van der Waals surface area contributed by atoms with Crippen LogP contribution in [0.25, 0.3) is 10.1 Å². The monoisotopic (exact) mass is 276 g/mol. The van der Waals surface area contributed by atoms with Gasteiger partial charge in [0.1, 0.15) is 0 Å². The third-order valence-corrected chi connectivity index (χ3v) is 4.12. The van der Waals surface area contributed by atoms with Crippen molar-refractivity contribution in [2.45, 2.75) is 6.61 Å². The Labute approximate surface area is 93.1 Å². The summed E-state index contributed by atoms with van der Waals surface area (Å²) in [7, 11) is 0. The molecule has 1 N–H and O–H groups in total. The molecular weight excluding hydrogens is 272 g/mol. The Hall–Kier alpha value is -0.0900. The molecule has 68 valence electrons. The van der Waals surface area contributed by atoms with E-state index in [0.717, 1.165) is 20.1 Å². The third-order valence-electron chi connectivity index (χ3n) is 1.87. The maximum Gasteiger partial charge on any atom is 0.0696 e. The van der Waals surface area contributed by atoms with E-state index < -0.39 is 0 Å². The highest BCUT2D eigenvalue weighted by atomic mass is 79.9. The number of hydrogen-bond acceptors (Lipinski definition) is 2. The first-order chi connectivity index (χ1) is 6.22. The number of aliphatic hydroxyl groups excluding tert-OH is 1. The Morgan fingerprint density at radius 2 is 2.23 bits per heavy atom. The molecule has 13 heavy (non-hydrogen) atoms. The fourth-order valence-corrected chi connectivity index (χ4v) is 3.05. The van der Waals surface area contributed by atoms with Crippen LogP contribution in [0.5, 0.6) is 0 Å². The molecule has 2 rings (SSSR count). The lowest BCUT2D eigenvalue weighted by atomic mass is 10.2. The van der Waals surface area contributed by atoms with E-state index >= 15 is 0 Å². The molecule has 0 unspecified atom stereocenters. The van der Waals surface area contributed by atoms with Crippen LogP contribution in [0, 0.1) is 0 Å². The number of rotatable bonds is 1. The van der Waals surface area contributed by atoms with Crippen LogP contribution in [0.15, 0.2) is 22.0 Å². The van der Waals surface area contributed by atoms with E-state index in [1.807, 2.05) is 17.5 Å². The molecule has 1 nitrogen and oxygen atoms in total. The van der Waals surface area contributed by atoms with Crippen LogP contribution >= 0.6 is 38.9 Å². The summed E-state index contributed by atoms with van der Waals surface area (Å²) in [6, 6.07) is 3.80. The highest BCUT2D eigenvalue weighted by Gasteiger charge is 2.06. The summed E-state index contributed by atoms with van der Waals surface area (Å²) in [6.45, 7) is -0.0168. The van der Waals surface area contributed by atoms with E-state index in [4.69, 9.17) is 16.7 Å². The zero-order valence-electron chi connectivity index (χ0n) is 6.55. The summed E-state index contributed by atoms with van der Waals surface area (Å²) in [5.41, 5.74) is 0.772. The summed E-state index contributed by atoms with van der Waals surface area (Å²) in [5.74, 6) is 0. The predicted molar refractivity (Wildman–Crippen MR) is 60.5 cm³/mol. The molecule has 0 radical (unpaired) electrons. The van der Waals surface area contributed by atoms with E-state index in [9.17, 15) is 0 Å². The molecule has 1 aromatic heterocycles. The first kappa shape index (κ1) is 9.46. The Bertz CT molecular complexity index is 452. The lowest BCUT2D eigenvalue weighted by Gasteiger charge is -2.00. The van der Waals surface area contributed by atoms with Crippen LogP contribution < -0.4 is 0 Å². The van der Waals surface area contributed by atoms with E-state index in [0.29, 0.717) is 5.02 Å². The van der Waals surface area contributed by atoms with Crippen molar-refractivity contribution in [3.8, 4) is 0 Å². The van der Waals surface area contributed by atoms with Gasteiger partial charge >= 0.3 is 0 Å². The van der Waals surface area contributed by atoms with Crippen molar-refractivity contribution in [3.63, 3.8) is 0 Å². The maximum atomic E-state index is 9.01. The van der Waals surface area contributed by atoms with Gasteiger partial charge in [0, 0.05) is 25.0 Å². The average molecular weight is 278 g/mol. The normalized spacial score (nSPS) is 11.0. The van der Waals surface area contributed by atoms with Crippen LogP contribution in [0.2, 0.25) is 5.02 Å². The Morgan fingerprint density at radius 3 is 2.92 bits per heavy atom. The second-order valence-electron chi connectivity index (χ2n) is 2.68. The minimum atomic E-state index is -0.0168. The Balaban J connectivity index is 2.77. The van der Waals surface area contributed by atoms with Gasteiger partial charge in [-0.3, -0.25) is 0 Å². The van der Waals surface area contributed by atoms with Gasteiger partial charge in [0.2, 0.25) is 0 Å². The minimum Gasteiger partial charge on any atom is -0.392 e. The molecule has 0 bridgehead atoms. The molecule has 1 heterocycles. The fourth-order valence-electron chi connectivity index (χ4n) is 1.18. The van der Waals surface area contributed by atoms with Crippen LogP contribution in [0.4, 0.5) is 0 Å². The first-order valence-corrected chi connectivity index (χ1v) is 5.73. The van der Waals surface area contributed by atoms with Crippen molar-refractivity contribution in [2.75, 3.05) is 0 Å². The van der Waals surface area contributed by atoms with Crippen molar-refractivity contribution in [3.05, 3.63) is 32.6 Å². The molecule has 0 atom stereocenters. The van der Waals surface area contributed by atoms with Gasteiger partial charge in [-0.25, -0.2) is 0 Å². The molecule has 0 spiro atoms. The van der Waals surface area contributed by atoms with Gasteiger partial charge in [-0.2, -0.15) is 0 Å². The zero-order chi connectivity index (χ0) is 9.42. The summed E-state index contributed by atoms with van der Waals surface area (Å²) < 4.78 is 2.19. The molecule has 0 aliphatic rings. The second kappa shape index (κ2) is 3.58. The smallest absolute Gasteiger partial charge is 0.0696 e. The SMILES string of the molecule is OCc1cc2c(Br)csc2cc1Cl. The molecule has 2 aromatic rings. The summed E-state index contributed by atoms with van der Waals surface area (Å²) >= 11 is 11.0. The van der Waals surface area contributed by atoms with E-state index in [-0.39, 0.29) is 6.61 Å². The van der Waals surface area contributed by atoms with Crippen LogP contribution in [-0.2, 0) is 6.61 Å². The molecule has 4 heteroatoms. The van der Waals surface area contributed by atoms with Gasteiger partial charge in [-0.1, -0.05) is 11.6 Å². The third kappa shape index (κ3) is 1.62. The van der Waals surface area contributed by atoms with Crippen LogP contribution in [-0.4, -0.2) is 5.11 Å². The van der Waals surface area contributed by atoms with Crippen molar-refractivity contribution in [2.24, 2.45) is 0 Å². The molecule has 0 fully saturated rings. The zero-order valence-corrected chi connectivity index (χ0v) is 9.71. The summed E-state index contributed by atoms with van der Waals surface area (Å²) in [6.07, 6.45) is 0. The highest BCUT2D eigenvalue weighted by Crippen LogP contribution is 2.34. The lowest BCUT2D eigenvalue weighted by Crippen LogP contribution is -1.83. The average Bonchev–Trinajstić information content (AvgIpc) is 2.46. The highest BCUT2D eigenvalue weighted by molar-refractivity contribution is 9.10. The number of hydrogen-bond donors (Lipinski definition) is 1. The van der Waals surface area contributed by atoms with Gasteiger partial charge in [0.15, 0.2) is 0 Å². The molecule has 0 aliphatic carbocycles. The van der Waals surface area contributed by atoms with Gasteiger partial charge in [0.05, 0.1) is 6.61 Å². The molecule has 1 aromatic carbocycles. The summed E-state index contributed by atoms with van der Waals surface area (Å²) in [5, 5.41) is 12.8. The van der Waals surface area contributed by atoms with Crippen molar-refractivity contribution in [1.29, 1.82) is 0 Å². The standard InChI is InChI=1S/C9H6BrClOS/c10-7-4-13-9-2-8(11)5(3-12)1-6(7)9/h1-2,4,12H,3H2. The number of benzene rings is 1. The first-order valence-electron chi connectivity index (χ1n) is 3.68. The quantitative estimate of drug-likeness (QED) is 0.840. The van der Waals surface area contributed by atoms with Crippen LogP contribution in [0.3, 0.4) is 0 Å².